The van der Waals surface area contributed by atoms with Crippen molar-refractivity contribution in [3.05, 3.63) is 28.7 Å². The van der Waals surface area contributed by atoms with Gasteiger partial charge >= 0.3 is 0 Å². The lowest BCUT2D eigenvalue weighted by atomic mass is 10.3. The quantitative estimate of drug-likeness (QED) is 0.677. The third kappa shape index (κ3) is 4.64. The molecule has 26 heavy (non-hydrogen) atoms. The average molecular weight is 445 g/mol. The standard InChI is InChI=1S/C17H25BrN4O3S/c1-19-6-10-21(11-7-19)17(23)14-20-8-12-22(13-9-20)26(24,25)16-4-2-15(18)3-5-16/h2-5H,6-14H2,1H3. The third-order valence-electron chi connectivity index (χ3n) is 5.00. The number of hydrogen-bond donors (Lipinski definition) is 0. The Morgan fingerprint density at radius 3 is 2.12 bits per heavy atom. The van der Waals surface area contributed by atoms with Gasteiger partial charge in [-0.15, -0.1) is 0 Å². The lowest BCUT2D eigenvalue weighted by Crippen LogP contribution is -2.53. The Balaban J connectivity index is 1.52. The van der Waals surface area contributed by atoms with Crippen molar-refractivity contribution < 1.29 is 13.2 Å². The maximum Gasteiger partial charge on any atom is 0.243 e. The molecule has 0 aromatic heterocycles. The monoisotopic (exact) mass is 444 g/mol. The van der Waals surface area contributed by atoms with Gasteiger partial charge in [0.25, 0.3) is 0 Å². The van der Waals surface area contributed by atoms with Crippen LogP contribution in [0.15, 0.2) is 33.6 Å². The van der Waals surface area contributed by atoms with Crippen LogP contribution in [-0.4, -0.2) is 99.3 Å². The van der Waals surface area contributed by atoms with Gasteiger partial charge in [0.15, 0.2) is 0 Å². The van der Waals surface area contributed by atoms with Gasteiger partial charge in [-0.3, -0.25) is 9.69 Å². The topological polar surface area (TPSA) is 64.2 Å². The number of hydrogen-bond acceptors (Lipinski definition) is 5. The van der Waals surface area contributed by atoms with Crippen molar-refractivity contribution in [1.82, 2.24) is 19.0 Å². The summed E-state index contributed by atoms with van der Waals surface area (Å²) in [6, 6.07) is 6.70. The van der Waals surface area contributed by atoms with Crippen molar-refractivity contribution in [1.29, 1.82) is 0 Å². The van der Waals surface area contributed by atoms with Crippen molar-refractivity contribution >= 4 is 31.9 Å². The Kier molecular flexibility index (Phi) is 6.34. The summed E-state index contributed by atoms with van der Waals surface area (Å²) in [5, 5.41) is 0. The van der Waals surface area contributed by atoms with E-state index in [1.165, 1.54) is 4.31 Å². The zero-order valence-corrected chi connectivity index (χ0v) is 17.4. The van der Waals surface area contributed by atoms with Gasteiger partial charge in [0.2, 0.25) is 15.9 Å². The first-order chi connectivity index (χ1) is 12.4. The van der Waals surface area contributed by atoms with E-state index in [1.807, 2.05) is 9.80 Å². The van der Waals surface area contributed by atoms with Crippen molar-refractivity contribution in [2.45, 2.75) is 4.90 Å². The molecule has 1 aromatic carbocycles. The lowest BCUT2D eigenvalue weighted by Gasteiger charge is -2.36. The van der Waals surface area contributed by atoms with Crippen molar-refractivity contribution in [2.75, 3.05) is 66.0 Å². The Hall–Kier alpha value is -1.00. The Morgan fingerprint density at radius 2 is 1.54 bits per heavy atom. The number of nitrogens with zero attached hydrogens (tertiary/aromatic N) is 4. The number of sulfonamides is 1. The van der Waals surface area contributed by atoms with Crippen molar-refractivity contribution in [3.63, 3.8) is 0 Å². The van der Waals surface area contributed by atoms with E-state index in [0.29, 0.717) is 37.6 Å². The summed E-state index contributed by atoms with van der Waals surface area (Å²) >= 11 is 3.32. The van der Waals surface area contributed by atoms with Gasteiger partial charge in [-0.25, -0.2) is 8.42 Å². The van der Waals surface area contributed by atoms with Crippen molar-refractivity contribution in [2.24, 2.45) is 0 Å². The molecule has 3 rings (SSSR count). The molecule has 0 N–H and O–H groups in total. The highest BCUT2D eigenvalue weighted by Gasteiger charge is 2.30. The van der Waals surface area contributed by atoms with Crippen LogP contribution < -0.4 is 0 Å². The first-order valence-corrected chi connectivity index (χ1v) is 11.0. The maximum atomic E-state index is 12.7. The largest absolute Gasteiger partial charge is 0.339 e. The predicted octanol–water partition coefficient (Wildman–Crippen LogP) is 0.529. The minimum Gasteiger partial charge on any atom is -0.339 e. The molecular formula is C17H25BrN4O3S. The minimum atomic E-state index is -3.47. The van der Waals surface area contributed by atoms with E-state index in [4.69, 9.17) is 0 Å². The third-order valence-corrected chi connectivity index (χ3v) is 7.44. The summed E-state index contributed by atoms with van der Waals surface area (Å²) in [5.74, 6) is 0.141. The van der Waals surface area contributed by atoms with Gasteiger partial charge in [-0.05, 0) is 31.3 Å². The number of carbonyl (C=O) groups is 1. The van der Waals surface area contributed by atoms with Crippen LogP contribution in [-0.2, 0) is 14.8 Å². The SMILES string of the molecule is CN1CCN(C(=O)CN2CCN(S(=O)(=O)c3ccc(Br)cc3)CC2)CC1. The summed E-state index contributed by atoms with van der Waals surface area (Å²) in [7, 11) is -1.41. The average Bonchev–Trinajstić information content (AvgIpc) is 2.63. The molecular weight excluding hydrogens is 420 g/mol. The number of halogens is 1. The lowest BCUT2D eigenvalue weighted by molar-refractivity contribution is -0.134. The summed E-state index contributed by atoms with van der Waals surface area (Å²) in [6.07, 6.45) is 0. The molecule has 0 radical (unpaired) electrons. The predicted molar refractivity (Wildman–Crippen MR) is 103 cm³/mol. The smallest absolute Gasteiger partial charge is 0.243 e. The number of amides is 1. The van der Waals surface area contributed by atoms with Gasteiger partial charge in [-0.1, -0.05) is 15.9 Å². The molecule has 2 fully saturated rings. The van der Waals surface area contributed by atoms with Gasteiger partial charge in [-0.2, -0.15) is 4.31 Å². The van der Waals surface area contributed by atoms with Crippen LogP contribution in [0.4, 0.5) is 0 Å². The number of carbonyl (C=O) groups excluding carboxylic acids is 1. The van der Waals surface area contributed by atoms with E-state index in [1.54, 1.807) is 24.3 Å². The molecule has 2 aliphatic rings. The fourth-order valence-corrected chi connectivity index (χ4v) is 4.92. The first kappa shape index (κ1) is 19.8. The summed E-state index contributed by atoms with van der Waals surface area (Å²) in [5.41, 5.74) is 0. The summed E-state index contributed by atoms with van der Waals surface area (Å²) < 4.78 is 27.8. The molecule has 2 aliphatic heterocycles. The molecule has 0 bridgehead atoms. The summed E-state index contributed by atoms with van der Waals surface area (Å²) in [6.45, 7) is 5.71. The zero-order valence-electron chi connectivity index (χ0n) is 15.0. The van der Waals surface area contributed by atoms with E-state index in [9.17, 15) is 13.2 Å². The second-order valence-electron chi connectivity index (χ2n) is 6.82. The number of benzene rings is 1. The normalized spacial score (nSPS) is 21.1. The molecule has 2 heterocycles. The van der Waals surface area contributed by atoms with Crippen LogP contribution in [0.25, 0.3) is 0 Å². The number of likely N-dealkylation sites (N-methyl/N-ethyl adjacent to an activating group) is 1. The maximum absolute atomic E-state index is 12.7. The van der Waals surface area contributed by atoms with Crippen LogP contribution in [0.5, 0.6) is 0 Å². The minimum absolute atomic E-state index is 0.141. The van der Waals surface area contributed by atoms with Crippen LogP contribution in [0.1, 0.15) is 0 Å². The Labute approximate surface area is 163 Å². The summed E-state index contributed by atoms with van der Waals surface area (Å²) in [4.78, 5) is 18.9. The Morgan fingerprint density at radius 1 is 0.962 bits per heavy atom. The second-order valence-corrected chi connectivity index (χ2v) is 9.67. The first-order valence-electron chi connectivity index (χ1n) is 8.80. The fraction of sp³-hybridized carbons (Fsp3) is 0.588. The highest BCUT2D eigenvalue weighted by molar-refractivity contribution is 9.10. The highest BCUT2D eigenvalue weighted by atomic mass is 79.9. The molecule has 0 spiro atoms. The zero-order chi connectivity index (χ0) is 18.7. The van der Waals surface area contributed by atoms with Gasteiger partial charge < -0.3 is 9.80 Å². The van der Waals surface area contributed by atoms with E-state index in [2.05, 4.69) is 27.9 Å². The molecule has 0 unspecified atom stereocenters. The van der Waals surface area contributed by atoms with E-state index >= 15 is 0 Å². The van der Waals surface area contributed by atoms with Gasteiger partial charge in [0, 0.05) is 56.8 Å². The molecule has 1 aromatic rings. The molecule has 0 saturated carbocycles. The van der Waals surface area contributed by atoms with Crippen LogP contribution in [0, 0.1) is 0 Å². The molecule has 144 valence electrons. The molecule has 0 aliphatic carbocycles. The number of rotatable bonds is 4. The van der Waals surface area contributed by atoms with Gasteiger partial charge in [0.05, 0.1) is 11.4 Å². The second kappa shape index (κ2) is 8.35. The number of piperazine rings is 2. The van der Waals surface area contributed by atoms with E-state index < -0.39 is 10.0 Å². The van der Waals surface area contributed by atoms with Crippen LogP contribution in [0.2, 0.25) is 0 Å². The molecule has 9 heteroatoms. The van der Waals surface area contributed by atoms with Gasteiger partial charge in [0.1, 0.15) is 0 Å². The molecule has 2 saturated heterocycles. The Bertz CT molecular complexity index is 725. The molecule has 1 amide bonds. The van der Waals surface area contributed by atoms with Crippen molar-refractivity contribution in [3.8, 4) is 0 Å². The molecule has 7 nitrogen and oxygen atoms in total. The fourth-order valence-electron chi connectivity index (χ4n) is 3.23. The van der Waals surface area contributed by atoms with E-state index in [0.717, 1.165) is 30.7 Å². The van der Waals surface area contributed by atoms with Crippen LogP contribution in [0.3, 0.4) is 0 Å². The highest BCUT2D eigenvalue weighted by Crippen LogP contribution is 2.20. The molecule has 0 atom stereocenters. The van der Waals surface area contributed by atoms with Crippen LogP contribution >= 0.6 is 15.9 Å². The van der Waals surface area contributed by atoms with E-state index in [-0.39, 0.29) is 5.91 Å².